The van der Waals surface area contributed by atoms with E-state index in [1.54, 1.807) is 24.0 Å². The normalized spacial score (nSPS) is 15.3. The van der Waals surface area contributed by atoms with Crippen LogP contribution in [0.2, 0.25) is 5.02 Å². The topological polar surface area (TPSA) is 87.2 Å². The molecular formula is C22H27ClN2O5S. The van der Waals surface area contributed by atoms with E-state index in [0.717, 1.165) is 5.56 Å². The van der Waals surface area contributed by atoms with Crippen LogP contribution in [0, 0.1) is 0 Å². The van der Waals surface area contributed by atoms with Gasteiger partial charge in [0.25, 0.3) is 5.91 Å². The number of ether oxygens (including phenoxy) is 1. The molecule has 1 amide bonds. The predicted molar refractivity (Wildman–Crippen MR) is 119 cm³/mol. The fourth-order valence-electron chi connectivity index (χ4n) is 3.45. The standard InChI is InChI=1S/C22H27ClN2O5S/c1-4-30-20-14-17(13-19(23)21(20)26)22(27)24-9-11-25(12-10-24)31(28,29)18-7-5-16(6-8-18)15(2)3/h5-8,13-15,26H,4,9-12H2,1-3H3. The first kappa shape index (κ1) is 23.4. The van der Waals surface area contributed by atoms with Gasteiger partial charge in [-0.05, 0) is 42.7 Å². The Morgan fingerprint density at radius 2 is 1.74 bits per heavy atom. The number of sulfonamides is 1. The van der Waals surface area contributed by atoms with Crippen molar-refractivity contribution in [1.82, 2.24) is 9.21 Å². The van der Waals surface area contributed by atoms with E-state index in [2.05, 4.69) is 13.8 Å². The second-order valence-electron chi connectivity index (χ2n) is 7.66. The highest BCUT2D eigenvalue weighted by molar-refractivity contribution is 7.89. The maximum absolute atomic E-state index is 13.0. The van der Waals surface area contributed by atoms with Gasteiger partial charge in [0.2, 0.25) is 10.0 Å². The molecule has 0 aromatic heterocycles. The molecular weight excluding hydrogens is 440 g/mol. The number of hydrogen-bond donors (Lipinski definition) is 1. The summed E-state index contributed by atoms with van der Waals surface area (Å²) in [6.07, 6.45) is 0. The van der Waals surface area contributed by atoms with E-state index in [-0.39, 0.29) is 59.1 Å². The molecule has 3 rings (SSSR count). The zero-order valence-electron chi connectivity index (χ0n) is 17.8. The number of halogens is 1. The number of phenols is 1. The van der Waals surface area contributed by atoms with Gasteiger partial charge >= 0.3 is 0 Å². The summed E-state index contributed by atoms with van der Waals surface area (Å²) in [5.41, 5.74) is 1.36. The van der Waals surface area contributed by atoms with E-state index in [1.165, 1.54) is 16.4 Å². The molecule has 1 N–H and O–H groups in total. The lowest BCUT2D eigenvalue weighted by Gasteiger charge is -2.34. The summed E-state index contributed by atoms with van der Waals surface area (Å²) in [6.45, 7) is 7.09. The predicted octanol–water partition coefficient (Wildman–Crippen LogP) is 3.71. The molecule has 31 heavy (non-hydrogen) atoms. The minimum absolute atomic E-state index is 0.0281. The molecule has 168 valence electrons. The molecule has 7 nitrogen and oxygen atoms in total. The third-order valence-electron chi connectivity index (χ3n) is 5.29. The van der Waals surface area contributed by atoms with Gasteiger partial charge in [-0.3, -0.25) is 4.79 Å². The maximum Gasteiger partial charge on any atom is 0.254 e. The first-order valence-corrected chi connectivity index (χ1v) is 12.0. The van der Waals surface area contributed by atoms with Crippen molar-refractivity contribution < 1.29 is 23.1 Å². The zero-order valence-corrected chi connectivity index (χ0v) is 19.4. The van der Waals surface area contributed by atoms with Crippen molar-refractivity contribution >= 4 is 27.5 Å². The molecule has 0 saturated carbocycles. The smallest absolute Gasteiger partial charge is 0.254 e. The Labute approximate surface area is 188 Å². The third-order valence-corrected chi connectivity index (χ3v) is 7.49. The summed E-state index contributed by atoms with van der Waals surface area (Å²) in [7, 11) is -3.62. The van der Waals surface area contributed by atoms with Crippen LogP contribution < -0.4 is 4.74 Å². The lowest BCUT2D eigenvalue weighted by Crippen LogP contribution is -2.50. The number of piperazine rings is 1. The number of rotatable bonds is 6. The molecule has 0 unspecified atom stereocenters. The van der Waals surface area contributed by atoms with Gasteiger partial charge in [-0.25, -0.2) is 8.42 Å². The van der Waals surface area contributed by atoms with E-state index in [0.29, 0.717) is 12.5 Å². The molecule has 0 aliphatic carbocycles. The second-order valence-corrected chi connectivity index (χ2v) is 10.0. The minimum atomic E-state index is -3.62. The summed E-state index contributed by atoms with van der Waals surface area (Å²) in [4.78, 5) is 14.7. The summed E-state index contributed by atoms with van der Waals surface area (Å²) >= 11 is 6.03. The molecule has 1 aliphatic heterocycles. The number of benzene rings is 2. The molecule has 1 heterocycles. The van der Waals surface area contributed by atoms with Crippen LogP contribution >= 0.6 is 11.6 Å². The Balaban J connectivity index is 1.71. The fraction of sp³-hybridized carbons (Fsp3) is 0.409. The summed E-state index contributed by atoms with van der Waals surface area (Å²) < 4.78 is 32.7. The van der Waals surface area contributed by atoms with Crippen molar-refractivity contribution in [2.75, 3.05) is 32.8 Å². The van der Waals surface area contributed by atoms with E-state index in [1.807, 2.05) is 12.1 Å². The zero-order chi connectivity index (χ0) is 22.8. The van der Waals surface area contributed by atoms with Crippen molar-refractivity contribution in [3.8, 4) is 11.5 Å². The molecule has 0 bridgehead atoms. The highest BCUT2D eigenvalue weighted by Crippen LogP contribution is 2.35. The van der Waals surface area contributed by atoms with Gasteiger partial charge in [0.05, 0.1) is 16.5 Å². The number of phenolic OH excluding ortho intramolecular Hbond substituents is 1. The van der Waals surface area contributed by atoms with Gasteiger partial charge in [-0.2, -0.15) is 4.31 Å². The van der Waals surface area contributed by atoms with E-state index >= 15 is 0 Å². The van der Waals surface area contributed by atoms with Crippen LogP contribution in [0.4, 0.5) is 0 Å². The number of nitrogens with zero attached hydrogens (tertiary/aromatic N) is 2. The number of aromatic hydroxyl groups is 1. The van der Waals surface area contributed by atoms with Crippen LogP contribution in [-0.4, -0.2) is 61.4 Å². The van der Waals surface area contributed by atoms with Crippen molar-refractivity contribution in [1.29, 1.82) is 0 Å². The van der Waals surface area contributed by atoms with E-state index in [9.17, 15) is 18.3 Å². The molecule has 0 radical (unpaired) electrons. The summed E-state index contributed by atoms with van der Waals surface area (Å²) in [5, 5.41) is 10.00. The maximum atomic E-state index is 13.0. The summed E-state index contributed by atoms with van der Waals surface area (Å²) in [6, 6.07) is 9.78. The largest absolute Gasteiger partial charge is 0.503 e. The van der Waals surface area contributed by atoms with Crippen LogP contribution in [0.3, 0.4) is 0 Å². The first-order valence-electron chi connectivity index (χ1n) is 10.2. The molecule has 1 saturated heterocycles. The van der Waals surface area contributed by atoms with Crippen LogP contribution in [0.1, 0.15) is 42.6 Å². The first-order chi connectivity index (χ1) is 14.6. The Hall–Kier alpha value is -2.29. The number of hydrogen-bond acceptors (Lipinski definition) is 5. The van der Waals surface area contributed by atoms with Crippen LogP contribution in [0.15, 0.2) is 41.3 Å². The molecule has 1 fully saturated rings. The quantitative estimate of drug-likeness (QED) is 0.701. The average molecular weight is 467 g/mol. The van der Waals surface area contributed by atoms with Gasteiger partial charge in [0.15, 0.2) is 11.5 Å². The average Bonchev–Trinajstić information content (AvgIpc) is 2.76. The van der Waals surface area contributed by atoms with Crippen molar-refractivity contribution in [3.63, 3.8) is 0 Å². The monoisotopic (exact) mass is 466 g/mol. The molecule has 9 heteroatoms. The van der Waals surface area contributed by atoms with Crippen LogP contribution in [-0.2, 0) is 10.0 Å². The highest BCUT2D eigenvalue weighted by atomic mass is 35.5. The number of carbonyl (C=O) groups is 1. The molecule has 0 atom stereocenters. The number of amides is 1. The van der Waals surface area contributed by atoms with Gasteiger partial charge in [-0.1, -0.05) is 37.6 Å². The number of carbonyl (C=O) groups excluding carboxylic acids is 1. The summed E-state index contributed by atoms with van der Waals surface area (Å²) in [5.74, 6) is -0.0342. The van der Waals surface area contributed by atoms with Gasteiger partial charge in [-0.15, -0.1) is 0 Å². The van der Waals surface area contributed by atoms with Crippen molar-refractivity contribution in [3.05, 3.63) is 52.5 Å². The molecule has 2 aromatic carbocycles. The van der Waals surface area contributed by atoms with Crippen LogP contribution in [0.5, 0.6) is 11.5 Å². The van der Waals surface area contributed by atoms with E-state index < -0.39 is 10.0 Å². The molecule has 0 spiro atoms. The lowest BCUT2D eigenvalue weighted by atomic mass is 10.0. The van der Waals surface area contributed by atoms with Gasteiger partial charge in [0.1, 0.15) is 0 Å². The Morgan fingerprint density at radius 1 is 1.13 bits per heavy atom. The Bertz CT molecular complexity index is 1050. The van der Waals surface area contributed by atoms with Crippen molar-refractivity contribution in [2.24, 2.45) is 0 Å². The third kappa shape index (κ3) is 4.97. The molecule has 1 aliphatic rings. The second kappa shape index (κ2) is 9.46. The minimum Gasteiger partial charge on any atom is -0.503 e. The Kier molecular flexibility index (Phi) is 7.13. The Morgan fingerprint density at radius 3 is 2.29 bits per heavy atom. The van der Waals surface area contributed by atoms with Gasteiger partial charge < -0.3 is 14.7 Å². The highest BCUT2D eigenvalue weighted by Gasteiger charge is 2.31. The van der Waals surface area contributed by atoms with Gasteiger partial charge in [0, 0.05) is 31.7 Å². The molecule has 2 aromatic rings. The van der Waals surface area contributed by atoms with Crippen LogP contribution in [0.25, 0.3) is 0 Å². The SMILES string of the molecule is CCOc1cc(C(=O)N2CCN(S(=O)(=O)c3ccc(C(C)C)cc3)CC2)cc(Cl)c1O. The lowest BCUT2D eigenvalue weighted by molar-refractivity contribution is 0.0697. The van der Waals surface area contributed by atoms with Crippen molar-refractivity contribution in [2.45, 2.75) is 31.6 Å². The van der Waals surface area contributed by atoms with E-state index in [4.69, 9.17) is 16.3 Å². The fourth-order valence-corrected chi connectivity index (χ4v) is 5.08.